The smallest absolute Gasteiger partial charge is 0.260 e. The van der Waals surface area contributed by atoms with Crippen LogP contribution in [0.15, 0.2) is 47.6 Å². The zero-order chi connectivity index (χ0) is 26.1. The van der Waals surface area contributed by atoms with Crippen LogP contribution in [0.1, 0.15) is 48.8 Å². The summed E-state index contributed by atoms with van der Waals surface area (Å²) in [4.78, 5) is 24.5. The van der Waals surface area contributed by atoms with Gasteiger partial charge >= 0.3 is 0 Å². The van der Waals surface area contributed by atoms with Crippen molar-refractivity contribution in [2.75, 3.05) is 23.7 Å². The fraction of sp³-hybridized carbons (Fsp3) is 0.423. The van der Waals surface area contributed by atoms with Crippen molar-refractivity contribution in [3.63, 3.8) is 0 Å². The van der Waals surface area contributed by atoms with Gasteiger partial charge in [0, 0.05) is 6.04 Å². The highest BCUT2D eigenvalue weighted by Crippen LogP contribution is 2.24. The summed E-state index contributed by atoms with van der Waals surface area (Å²) in [5.41, 5.74) is 5.24. The Morgan fingerprint density at radius 1 is 1.06 bits per heavy atom. The second-order valence-corrected chi connectivity index (χ2v) is 10.9. The molecule has 2 N–H and O–H groups in total. The Labute approximate surface area is 213 Å². The lowest BCUT2D eigenvalue weighted by atomic mass is 9.95. The number of aryl methyl sites for hydroxylation is 1. The van der Waals surface area contributed by atoms with E-state index in [9.17, 15) is 18.0 Å². The second kappa shape index (κ2) is 12.5. The first kappa shape index (κ1) is 27.2. The highest BCUT2D eigenvalue weighted by Gasteiger charge is 2.22. The maximum atomic E-state index is 12.4. The molecule has 3 rings (SSSR count). The number of carbonyl (C=O) groups excluding carboxylic acids is 2. The number of rotatable bonds is 10. The van der Waals surface area contributed by atoms with Crippen LogP contribution < -0.4 is 19.8 Å². The lowest BCUT2D eigenvalue weighted by molar-refractivity contribution is -0.124. The predicted octanol–water partition coefficient (Wildman–Crippen LogP) is 3.05. The Bertz CT molecular complexity index is 1190. The van der Waals surface area contributed by atoms with Crippen LogP contribution in [0.4, 0.5) is 5.69 Å². The third kappa shape index (κ3) is 8.08. The summed E-state index contributed by atoms with van der Waals surface area (Å²) in [6, 6.07) is 12.4. The normalized spacial score (nSPS) is 14.4. The number of amides is 2. The first-order valence-corrected chi connectivity index (χ1v) is 13.9. The minimum absolute atomic E-state index is 0.0444. The third-order valence-corrected chi connectivity index (χ3v) is 7.28. The quantitative estimate of drug-likeness (QED) is 0.373. The molecular weight excluding hydrogens is 480 g/mol. The second-order valence-electron chi connectivity index (χ2n) is 9.04. The molecule has 0 aromatic heterocycles. The molecule has 1 saturated carbocycles. The molecule has 1 fully saturated rings. The average molecular weight is 515 g/mol. The molecule has 36 heavy (non-hydrogen) atoms. The van der Waals surface area contributed by atoms with Crippen molar-refractivity contribution in [2.45, 2.75) is 52.0 Å². The predicted molar refractivity (Wildman–Crippen MR) is 141 cm³/mol. The minimum Gasteiger partial charge on any atom is -0.484 e. The van der Waals surface area contributed by atoms with E-state index < -0.39 is 22.5 Å². The van der Waals surface area contributed by atoms with Gasteiger partial charge in [0.1, 0.15) is 12.3 Å². The molecule has 194 valence electrons. The van der Waals surface area contributed by atoms with Crippen molar-refractivity contribution < 1.29 is 22.7 Å². The van der Waals surface area contributed by atoms with E-state index in [2.05, 4.69) is 15.8 Å². The summed E-state index contributed by atoms with van der Waals surface area (Å²) in [6.07, 6.45) is 8.08. The maximum absolute atomic E-state index is 12.4. The number of sulfonamides is 1. The third-order valence-electron chi connectivity index (χ3n) is 6.16. The van der Waals surface area contributed by atoms with E-state index in [-0.39, 0.29) is 18.6 Å². The Kier molecular flexibility index (Phi) is 9.46. The zero-order valence-corrected chi connectivity index (χ0v) is 21.8. The number of benzene rings is 2. The number of hydrazone groups is 1. The zero-order valence-electron chi connectivity index (χ0n) is 21.0. The molecule has 0 heterocycles. The highest BCUT2D eigenvalue weighted by atomic mass is 32.2. The van der Waals surface area contributed by atoms with Crippen molar-refractivity contribution in [2.24, 2.45) is 5.10 Å². The van der Waals surface area contributed by atoms with Gasteiger partial charge in [-0.3, -0.25) is 13.9 Å². The molecule has 0 saturated heterocycles. The average Bonchev–Trinajstić information content (AvgIpc) is 2.84. The minimum atomic E-state index is -3.68. The van der Waals surface area contributed by atoms with Crippen LogP contribution >= 0.6 is 0 Å². The first-order chi connectivity index (χ1) is 17.1. The summed E-state index contributed by atoms with van der Waals surface area (Å²) in [7, 11) is -3.68. The Balaban J connectivity index is 1.49. The van der Waals surface area contributed by atoms with Crippen LogP contribution in [-0.2, 0) is 19.6 Å². The molecule has 1 aliphatic rings. The van der Waals surface area contributed by atoms with E-state index in [0.29, 0.717) is 17.0 Å². The highest BCUT2D eigenvalue weighted by molar-refractivity contribution is 7.92. The van der Waals surface area contributed by atoms with E-state index in [1.54, 1.807) is 36.4 Å². The van der Waals surface area contributed by atoms with Crippen molar-refractivity contribution in [1.29, 1.82) is 0 Å². The topological polar surface area (TPSA) is 117 Å². The van der Waals surface area contributed by atoms with Crippen molar-refractivity contribution >= 4 is 33.7 Å². The van der Waals surface area contributed by atoms with Gasteiger partial charge in [-0.15, -0.1) is 0 Å². The number of anilines is 1. The Morgan fingerprint density at radius 3 is 2.42 bits per heavy atom. The summed E-state index contributed by atoms with van der Waals surface area (Å²) in [5, 5.41) is 6.94. The van der Waals surface area contributed by atoms with Crippen LogP contribution in [0.5, 0.6) is 5.75 Å². The molecule has 0 atom stereocenters. The van der Waals surface area contributed by atoms with Gasteiger partial charge in [-0.2, -0.15) is 5.10 Å². The molecule has 9 nitrogen and oxygen atoms in total. The molecule has 2 amide bonds. The lowest BCUT2D eigenvalue weighted by Crippen LogP contribution is -2.39. The first-order valence-electron chi connectivity index (χ1n) is 12.0. The number of hydrogen-bond donors (Lipinski definition) is 2. The van der Waals surface area contributed by atoms with Gasteiger partial charge in [0.25, 0.3) is 11.8 Å². The van der Waals surface area contributed by atoms with Crippen LogP contribution in [0, 0.1) is 13.8 Å². The number of ether oxygens (including phenoxy) is 1. The van der Waals surface area contributed by atoms with E-state index in [4.69, 9.17) is 4.74 Å². The van der Waals surface area contributed by atoms with Crippen LogP contribution in [0.25, 0.3) is 0 Å². The van der Waals surface area contributed by atoms with Crippen LogP contribution in [0.2, 0.25) is 0 Å². The van der Waals surface area contributed by atoms with Crippen LogP contribution in [-0.4, -0.2) is 51.9 Å². The molecule has 1 aliphatic carbocycles. The molecule has 2 aromatic rings. The monoisotopic (exact) mass is 514 g/mol. The van der Waals surface area contributed by atoms with E-state index in [0.717, 1.165) is 47.4 Å². The van der Waals surface area contributed by atoms with E-state index in [1.165, 1.54) is 12.6 Å². The molecule has 2 aromatic carbocycles. The van der Waals surface area contributed by atoms with Crippen molar-refractivity contribution in [3.8, 4) is 5.75 Å². The van der Waals surface area contributed by atoms with Crippen molar-refractivity contribution in [1.82, 2.24) is 10.7 Å². The summed E-state index contributed by atoms with van der Waals surface area (Å²) < 4.78 is 31.3. The Hall–Kier alpha value is -3.40. The molecular formula is C26H34N4O5S. The number of carbonyl (C=O) groups is 2. The van der Waals surface area contributed by atoms with Gasteiger partial charge < -0.3 is 10.1 Å². The largest absolute Gasteiger partial charge is 0.484 e. The fourth-order valence-electron chi connectivity index (χ4n) is 4.05. The van der Waals surface area contributed by atoms with Gasteiger partial charge in [-0.05, 0) is 73.7 Å². The SMILES string of the molecule is Cc1cccc(N(CC(=O)N/N=C/c2ccc(OCC(=O)NC3CCCCC3)cc2)S(C)(=O)=O)c1C. The van der Waals surface area contributed by atoms with Crippen molar-refractivity contribution in [3.05, 3.63) is 59.2 Å². The lowest BCUT2D eigenvalue weighted by Gasteiger charge is -2.23. The number of hydrogen-bond acceptors (Lipinski definition) is 6. The van der Waals surface area contributed by atoms with Crippen LogP contribution in [0.3, 0.4) is 0 Å². The van der Waals surface area contributed by atoms with Gasteiger partial charge in [-0.25, -0.2) is 13.8 Å². The summed E-state index contributed by atoms with van der Waals surface area (Å²) in [5.74, 6) is -0.145. The number of nitrogens with one attached hydrogen (secondary N) is 2. The molecule has 0 radical (unpaired) electrons. The molecule has 10 heteroatoms. The molecule has 0 unspecified atom stereocenters. The molecule has 0 aliphatic heterocycles. The Morgan fingerprint density at radius 2 is 1.75 bits per heavy atom. The van der Waals surface area contributed by atoms with E-state index in [1.807, 2.05) is 19.9 Å². The van der Waals surface area contributed by atoms with Gasteiger partial charge in [-0.1, -0.05) is 31.4 Å². The fourth-order valence-corrected chi connectivity index (χ4v) is 4.95. The van der Waals surface area contributed by atoms with E-state index >= 15 is 0 Å². The summed E-state index contributed by atoms with van der Waals surface area (Å²) >= 11 is 0. The number of nitrogens with zero attached hydrogens (tertiary/aromatic N) is 2. The van der Waals surface area contributed by atoms with Gasteiger partial charge in [0.05, 0.1) is 18.2 Å². The maximum Gasteiger partial charge on any atom is 0.260 e. The molecule has 0 bridgehead atoms. The molecule has 0 spiro atoms. The van der Waals surface area contributed by atoms with Gasteiger partial charge in [0.2, 0.25) is 10.0 Å². The summed E-state index contributed by atoms with van der Waals surface area (Å²) in [6.45, 7) is 3.26. The van der Waals surface area contributed by atoms with Gasteiger partial charge in [0.15, 0.2) is 6.61 Å². The standard InChI is InChI=1S/C26H34N4O5S/c1-19-8-7-11-24(20(19)2)30(36(3,33)34)17-25(31)29-27-16-21-12-14-23(15-13-21)35-18-26(32)28-22-9-5-4-6-10-22/h7-8,11-16,22H,4-6,9-10,17-18H2,1-3H3,(H,28,32)(H,29,31)/b27-16+.